The molecule has 1 unspecified atom stereocenters. The standard InChI is InChI=1S/C10H19F3N2S/c1-9(2,3)16-14-8(10(11,12)13)7-5-15(4)6-7/h7-8,14H,5-6H2,1-4H3. The quantitative estimate of drug-likeness (QED) is 0.781. The molecule has 0 bridgehead atoms. The van der Waals surface area contributed by atoms with E-state index in [2.05, 4.69) is 4.72 Å². The molecular weight excluding hydrogens is 237 g/mol. The van der Waals surface area contributed by atoms with E-state index >= 15 is 0 Å². The van der Waals surface area contributed by atoms with E-state index in [9.17, 15) is 13.2 Å². The lowest BCUT2D eigenvalue weighted by Crippen LogP contribution is -2.58. The molecule has 1 N–H and O–H groups in total. The van der Waals surface area contributed by atoms with Gasteiger partial charge >= 0.3 is 6.18 Å². The van der Waals surface area contributed by atoms with Crippen LogP contribution in [0, 0.1) is 5.92 Å². The maximum absolute atomic E-state index is 12.8. The first-order chi connectivity index (χ1) is 7.09. The number of nitrogens with one attached hydrogen (secondary N) is 1. The predicted octanol–water partition coefficient (Wildman–Crippen LogP) is 2.52. The highest BCUT2D eigenvalue weighted by Gasteiger charge is 2.48. The third-order valence-electron chi connectivity index (χ3n) is 2.41. The van der Waals surface area contributed by atoms with E-state index in [1.54, 1.807) is 0 Å². The number of halogens is 3. The molecule has 1 aliphatic heterocycles. The molecule has 1 aliphatic rings. The number of nitrogens with zero attached hydrogens (tertiary/aromatic N) is 1. The van der Waals surface area contributed by atoms with Crippen LogP contribution in [-0.2, 0) is 0 Å². The third-order valence-corrected chi connectivity index (χ3v) is 3.39. The second-order valence-electron chi connectivity index (χ2n) is 5.33. The first kappa shape index (κ1) is 14.1. The lowest BCUT2D eigenvalue weighted by atomic mass is 9.92. The molecule has 1 rings (SSSR count). The van der Waals surface area contributed by atoms with Crippen LogP contribution < -0.4 is 4.72 Å². The van der Waals surface area contributed by atoms with Gasteiger partial charge in [-0.05, 0) is 27.8 Å². The van der Waals surface area contributed by atoms with E-state index < -0.39 is 12.2 Å². The van der Waals surface area contributed by atoms with Crippen molar-refractivity contribution < 1.29 is 13.2 Å². The van der Waals surface area contributed by atoms with Gasteiger partial charge in [0.15, 0.2) is 0 Å². The molecule has 0 radical (unpaired) electrons. The van der Waals surface area contributed by atoms with Crippen LogP contribution in [0.1, 0.15) is 20.8 Å². The molecule has 0 amide bonds. The van der Waals surface area contributed by atoms with Gasteiger partial charge in [0.2, 0.25) is 0 Å². The van der Waals surface area contributed by atoms with E-state index in [-0.39, 0.29) is 10.7 Å². The highest BCUT2D eigenvalue weighted by Crippen LogP contribution is 2.33. The Balaban J connectivity index is 2.52. The first-order valence-electron chi connectivity index (χ1n) is 5.28. The summed E-state index contributed by atoms with van der Waals surface area (Å²) in [7, 11) is 1.83. The van der Waals surface area contributed by atoms with Crippen molar-refractivity contribution in [3.05, 3.63) is 0 Å². The van der Waals surface area contributed by atoms with Crippen molar-refractivity contribution >= 4 is 11.9 Å². The second kappa shape index (κ2) is 4.74. The van der Waals surface area contributed by atoms with E-state index in [1.165, 1.54) is 0 Å². The summed E-state index contributed by atoms with van der Waals surface area (Å²) in [6.45, 7) is 6.71. The van der Waals surface area contributed by atoms with Crippen LogP contribution in [0.15, 0.2) is 0 Å². The minimum atomic E-state index is -4.16. The number of rotatable bonds is 3. The number of hydrogen-bond acceptors (Lipinski definition) is 3. The maximum Gasteiger partial charge on any atom is 0.405 e. The monoisotopic (exact) mass is 256 g/mol. The number of hydrogen-bond donors (Lipinski definition) is 1. The Morgan fingerprint density at radius 2 is 1.75 bits per heavy atom. The highest BCUT2D eigenvalue weighted by atomic mass is 32.2. The molecule has 1 heterocycles. The molecule has 0 aromatic heterocycles. The molecule has 1 atom stereocenters. The normalized spacial score (nSPS) is 21.9. The van der Waals surface area contributed by atoms with Gasteiger partial charge in [-0.25, -0.2) is 0 Å². The fraction of sp³-hybridized carbons (Fsp3) is 1.00. The van der Waals surface area contributed by atoms with Gasteiger partial charge in [-0.1, -0.05) is 11.9 Å². The van der Waals surface area contributed by atoms with E-state index in [0.29, 0.717) is 13.1 Å². The van der Waals surface area contributed by atoms with Crippen molar-refractivity contribution in [2.45, 2.75) is 37.7 Å². The Morgan fingerprint density at radius 3 is 2.06 bits per heavy atom. The highest BCUT2D eigenvalue weighted by molar-refractivity contribution is 7.98. The summed E-state index contributed by atoms with van der Waals surface area (Å²) in [6.07, 6.45) is -4.16. The Hall–Kier alpha value is 0.0600. The van der Waals surface area contributed by atoms with Crippen molar-refractivity contribution in [2.24, 2.45) is 5.92 Å². The van der Waals surface area contributed by atoms with Gasteiger partial charge in [-0.15, -0.1) is 0 Å². The van der Waals surface area contributed by atoms with Crippen LogP contribution in [0.3, 0.4) is 0 Å². The van der Waals surface area contributed by atoms with Crippen molar-refractivity contribution in [2.75, 3.05) is 20.1 Å². The topological polar surface area (TPSA) is 15.3 Å². The Bertz CT molecular complexity index is 231. The summed E-state index contributed by atoms with van der Waals surface area (Å²) in [6, 6.07) is -1.40. The largest absolute Gasteiger partial charge is 0.405 e. The Morgan fingerprint density at radius 1 is 1.25 bits per heavy atom. The minimum absolute atomic E-state index is 0.209. The fourth-order valence-corrected chi connectivity index (χ4v) is 2.44. The zero-order valence-electron chi connectivity index (χ0n) is 10.1. The zero-order valence-corrected chi connectivity index (χ0v) is 10.9. The van der Waals surface area contributed by atoms with Crippen LogP contribution >= 0.6 is 11.9 Å². The molecule has 0 aliphatic carbocycles. The zero-order chi connectivity index (χ0) is 12.6. The molecule has 1 saturated heterocycles. The molecule has 1 fully saturated rings. The molecule has 16 heavy (non-hydrogen) atoms. The third kappa shape index (κ3) is 4.14. The number of likely N-dealkylation sites (tertiary alicyclic amines) is 1. The summed E-state index contributed by atoms with van der Waals surface area (Å²) >= 11 is 1.16. The Kier molecular flexibility index (Phi) is 4.18. The smallest absolute Gasteiger partial charge is 0.306 e. The summed E-state index contributed by atoms with van der Waals surface area (Å²) in [4.78, 5) is 1.90. The molecule has 2 nitrogen and oxygen atoms in total. The SMILES string of the molecule is CN1CC(C(NSC(C)(C)C)C(F)(F)F)C1. The van der Waals surface area contributed by atoms with Gasteiger partial charge in [0.05, 0.1) is 0 Å². The van der Waals surface area contributed by atoms with Crippen molar-refractivity contribution in [3.63, 3.8) is 0 Å². The molecule has 0 aromatic carbocycles. The summed E-state index contributed by atoms with van der Waals surface area (Å²) in [5.41, 5.74) is 0. The molecular formula is C10H19F3N2S. The van der Waals surface area contributed by atoms with Gasteiger partial charge in [0.1, 0.15) is 6.04 Å². The average Bonchev–Trinajstić information content (AvgIpc) is 1.96. The Labute approximate surface area is 99.1 Å². The van der Waals surface area contributed by atoms with Crippen LogP contribution in [-0.4, -0.2) is 42.0 Å². The lowest BCUT2D eigenvalue weighted by molar-refractivity contribution is -0.173. The summed E-state index contributed by atoms with van der Waals surface area (Å²) in [5.74, 6) is -0.320. The second-order valence-corrected chi connectivity index (χ2v) is 7.00. The molecule has 0 spiro atoms. The van der Waals surface area contributed by atoms with Crippen LogP contribution in [0.2, 0.25) is 0 Å². The van der Waals surface area contributed by atoms with E-state index in [4.69, 9.17) is 0 Å². The fourth-order valence-electron chi connectivity index (χ4n) is 1.63. The maximum atomic E-state index is 12.8. The van der Waals surface area contributed by atoms with Crippen LogP contribution in [0.5, 0.6) is 0 Å². The number of alkyl halides is 3. The average molecular weight is 256 g/mol. The predicted molar refractivity (Wildman–Crippen MR) is 61.3 cm³/mol. The summed E-state index contributed by atoms with van der Waals surface area (Å²) < 4.78 is 40.8. The van der Waals surface area contributed by atoms with Gasteiger partial charge in [0.25, 0.3) is 0 Å². The van der Waals surface area contributed by atoms with E-state index in [1.807, 2.05) is 32.7 Å². The van der Waals surface area contributed by atoms with Gasteiger partial charge in [-0.2, -0.15) is 13.2 Å². The first-order valence-corrected chi connectivity index (χ1v) is 6.10. The minimum Gasteiger partial charge on any atom is -0.306 e. The van der Waals surface area contributed by atoms with Crippen molar-refractivity contribution in [3.8, 4) is 0 Å². The van der Waals surface area contributed by atoms with E-state index in [0.717, 1.165) is 11.9 Å². The molecule has 0 aromatic rings. The van der Waals surface area contributed by atoms with Gasteiger partial charge in [0, 0.05) is 23.8 Å². The molecule has 0 saturated carbocycles. The van der Waals surface area contributed by atoms with Gasteiger partial charge in [-0.3, -0.25) is 4.72 Å². The van der Waals surface area contributed by atoms with Crippen LogP contribution in [0.4, 0.5) is 13.2 Å². The lowest BCUT2D eigenvalue weighted by Gasteiger charge is -2.42. The summed E-state index contributed by atoms with van der Waals surface area (Å²) in [5, 5.41) is 0. The van der Waals surface area contributed by atoms with Crippen molar-refractivity contribution in [1.82, 2.24) is 9.62 Å². The molecule has 96 valence electrons. The van der Waals surface area contributed by atoms with Crippen molar-refractivity contribution in [1.29, 1.82) is 0 Å². The van der Waals surface area contributed by atoms with Crippen LogP contribution in [0.25, 0.3) is 0 Å². The van der Waals surface area contributed by atoms with Gasteiger partial charge < -0.3 is 4.90 Å². The molecule has 6 heteroatoms.